The molecule has 14 heavy (non-hydrogen) atoms. The lowest BCUT2D eigenvalue weighted by atomic mass is 10.2. The van der Waals surface area contributed by atoms with Gasteiger partial charge in [-0.15, -0.1) is 0 Å². The number of rotatable bonds is 1. The number of halogens is 1. The molecule has 0 spiro atoms. The molecular formula is C10H8ClNO2. The van der Waals surface area contributed by atoms with Crippen LogP contribution in [0.3, 0.4) is 0 Å². The van der Waals surface area contributed by atoms with Gasteiger partial charge in [0.15, 0.2) is 0 Å². The molecule has 1 N–H and O–H groups in total. The summed E-state index contributed by atoms with van der Waals surface area (Å²) < 4.78 is 0. The number of aliphatic carboxylic acids is 1. The van der Waals surface area contributed by atoms with Crippen LogP contribution in [-0.2, 0) is 4.79 Å². The first kappa shape index (κ1) is 10.6. The van der Waals surface area contributed by atoms with Crippen molar-refractivity contribution in [2.45, 2.75) is 13.3 Å². The van der Waals surface area contributed by atoms with Crippen molar-refractivity contribution in [3.8, 4) is 11.8 Å². The van der Waals surface area contributed by atoms with Crippen molar-refractivity contribution in [3.63, 3.8) is 0 Å². The molecule has 4 heteroatoms. The third kappa shape index (κ3) is 3.08. The highest BCUT2D eigenvalue weighted by molar-refractivity contribution is 6.30. The monoisotopic (exact) mass is 209 g/mol. The van der Waals surface area contributed by atoms with Crippen molar-refractivity contribution in [3.05, 3.63) is 28.5 Å². The van der Waals surface area contributed by atoms with E-state index in [9.17, 15) is 4.79 Å². The molecule has 1 heterocycles. The molecule has 1 aromatic rings. The van der Waals surface area contributed by atoms with Crippen LogP contribution in [0, 0.1) is 18.8 Å². The largest absolute Gasteiger partial charge is 0.481 e. The second kappa shape index (κ2) is 4.64. The minimum Gasteiger partial charge on any atom is -0.481 e. The molecule has 0 aliphatic rings. The first-order chi connectivity index (χ1) is 6.59. The van der Waals surface area contributed by atoms with Crippen molar-refractivity contribution in [1.82, 2.24) is 4.98 Å². The van der Waals surface area contributed by atoms with Crippen molar-refractivity contribution >= 4 is 17.6 Å². The summed E-state index contributed by atoms with van der Waals surface area (Å²) in [5.74, 6) is 4.18. The molecule has 0 radical (unpaired) electrons. The summed E-state index contributed by atoms with van der Waals surface area (Å²) in [6, 6.07) is 3.50. The van der Waals surface area contributed by atoms with Crippen LogP contribution in [0.2, 0.25) is 5.15 Å². The number of hydrogen-bond acceptors (Lipinski definition) is 2. The Bertz CT molecular complexity index is 418. The number of carbonyl (C=O) groups is 1. The minimum atomic E-state index is -0.950. The van der Waals surface area contributed by atoms with E-state index in [1.54, 1.807) is 12.1 Å². The van der Waals surface area contributed by atoms with Crippen LogP contribution in [0.1, 0.15) is 17.7 Å². The highest BCUT2D eigenvalue weighted by atomic mass is 35.5. The van der Waals surface area contributed by atoms with Gasteiger partial charge in [0.2, 0.25) is 0 Å². The van der Waals surface area contributed by atoms with Gasteiger partial charge >= 0.3 is 5.97 Å². The number of aryl methyl sites for hydroxylation is 1. The van der Waals surface area contributed by atoms with E-state index in [-0.39, 0.29) is 6.42 Å². The summed E-state index contributed by atoms with van der Waals surface area (Å²) in [6.45, 7) is 1.82. The van der Waals surface area contributed by atoms with Crippen LogP contribution in [0.5, 0.6) is 0 Å². The van der Waals surface area contributed by atoms with Gasteiger partial charge in [0.25, 0.3) is 0 Å². The minimum absolute atomic E-state index is 0.190. The van der Waals surface area contributed by atoms with E-state index in [0.717, 1.165) is 5.69 Å². The average Bonchev–Trinajstić information content (AvgIpc) is 2.08. The molecule has 1 rings (SSSR count). The van der Waals surface area contributed by atoms with Gasteiger partial charge in [0, 0.05) is 5.69 Å². The van der Waals surface area contributed by atoms with Gasteiger partial charge in [-0.3, -0.25) is 4.79 Å². The lowest BCUT2D eigenvalue weighted by Crippen LogP contribution is -1.91. The zero-order valence-electron chi connectivity index (χ0n) is 7.54. The quantitative estimate of drug-likeness (QED) is 0.568. The Morgan fingerprint density at radius 3 is 2.93 bits per heavy atom. The maximum Gasteiger partial charge on any atom is 0.315 e. The molecule has 0 saturated carbocycles. The first-order valence-corrected chi connectivity index (χ1v) is 4.31. The second-order valence-corrected chi connectivity index (χ2v) is 3.02. The molecule has 0 bridgehead atoms. The Morgan fingerprint density at radius 2 is 2.36 bits per heavy atom. The maximum atomic E-state index is 10.2. The topological polar surface area (TPSA) is 50.2 Å². The Hall–Kier alpha value is -1.53. The molecule has 0 aliphatic carbocycles. The van der Waals surface area contributed by atoms with Crippen molar-refractivity contribution in [2.75, 3.05) is 0 Å². The van der Waals surface area contributed by atoms with Crippen LogP contribution in [0.4, 0.5) is 0 Å². The predicted octanol–water partition coefficient (Wildman–Crippen LogP) is 1.87. The van der Waals surface area contributed by atoms with E-state index in [4.69, 9.17) is 16.7 Å². The maximum absolute atomic E-state index is 10.2. The SMILES string of the molecule is Cc1ccc(C#CCC(=O)O)c(Cl)n1. The zero-order valence-corrected chi connectivity index (χ0v) is 8.30. The molecule has 0 amide bonds. The molecule has 0 saturated heterocycles. The molecule has 3 nitrogen and oxygen atoms in total. The summed E-state index contributed by atoms with van der Waals surface area (Å²) in [7, 11) is 0. The summed E-state index contributed by atoms with van der Waals surface area (Å²) in [4.78, 5) is 14.2. The number of pyridine rings is 1. The van der Waals surface area contributed by atoms with Gasteiger partial charge < -0.3 is 5.11 Å². The zero-order chi connectivity index (χ0) is 10.6. The second-order valence-electron chi connectivity index (χ2n) is 2.66. The third-order valence-electron chi connectivity index (χ3n) is 1.45. The molecule has 72 valence electrons. The molecule has 1 aromatic heterocycles. The van der Waals surface area contributed by atoms with Gasteiger partial charge in [-0.1, -0.05) is 23.4 Å². The lowest BCUT2D eigenvalue weighted by Gasteiger charge is -1.95. The van der Waals surface area contributed by atoms with E-state index in [1.165, 1.54) is 0 Å². The highest BCUT2D eigenvalue weighted by Gasteiger charge is 1.97. The normalized spacial score (nSPS) is 9.00. The highest BCUT2D eigenvalue weighted by Crippen LogP contribution is 2.11. The fourth-order valence-corrected chi connectivity index (χ4v) is 1.08. The van der Waals surface area contributed by atoms with E-state index >= 15 is 0 Å². The summed E-state index contributed by atoms with van der Waals surface area (Å²) in [5, 5.41) is 8.66. The third-order valence-corrected chi connectivity index (χ3v) is 1.74. The Labute approximate surface area is 86.7 Å². The molecular weight excluding hydrogens is 202 g/mol. The summed E-state index contributed by atoms with van der Waals surface area (Å²) in [6.07, 6.45) is -0.190. The van der Waals surface area contributed by atoms with Gasteiger partial charge in [-0.05, 0) is 19.1 Å². The number of hydrogen-bond donors (Lipinski definition) is 1. The standard InChI is InChI=1S/C10H8ClNO2/c1-7-5-6-8(10(11)12-7)3-2-4-9(13)14/h5-6H,4H2,1H3,(H,13,14). The Kier molecular flexibility index (Phi) is 3.49. The van der Waals surface area contributed by atoms with Crippen LogP contribution in [0.25, 0.3) is 0 Å². The first-order valence-electron chi connectivity index (χ1n) is 3.93. The van der Waals surface area contributed by atoms with Gasteiger partial charge in [-0.2, -0.15) is 0 Å². The van der Waals surface area contributed by atoms with Crippen LogP contribution >= 0.6 is 11.6 Å². The van der Waals surface area contributed by atoms with Crippen LogP contribution < -0.4 is 0 Å². The number of nitrogens with zero attached hydrogens (tertiary/aromatic N) is 1. The number of carboxylic acids is 1. The van der Waals surface area contributed by atoms with Gasteiger partial charge in [-0.25, -0.2) is 4.98 Å². The Morgan fingerprint density at radius 1 is 1.64 bits per heavy atom. The summed E-state index contributed by atoms with van der Waals surface area (Å²) in [5.41, 5.74) is 1.36. The van der Waals surface area contributed by atoms with E-state index in [0.29, 0.717) is 10.7 Å². The van der Waals surface area contributed by atoms with Crippen LogP contribution in [0.15, 0.2) is 12.1 Å². The predicted molar refractivity (Wildman–Crippen MR) is 53.1 cm³/mol. The fraction of sp³-hybridized carbons (Fsp3) is 0.200. The van der Waals surface area contributed by atoms with Crippen molar-refractivity contribution in [1.29, 1.82) is 0 Å². The molecule has 0 aromatic carbocycles. The van der Waals surface area contributed by atoms with Crippen LogP contribution in [-0.4, -0.2) is 16.1 Å². The fourth-order valence-electron chi connectivity index (χ4n) is 0.833. The molecule has 0 atom stereocenters. The Balaban J connectivity index is 2.85. The lowest BCUT2D eigenvalue weighted by molar-refractivity contribution is -0.135. The van der Waals surface area contributed by atoms with Crippen molar-refractivity contribution < 1.29 is 9.90 Å². The number of aromatic nitrogens is 1. The molecule has 0 aliphatic heterocycles. The molecule has 0 unspecified atom stereocenters. The van der Waals surface area contributed by atoms with Crippen molar-refractivity contribution in [2.24, 2.45) is 0 Å². The average molecular weight is 210 g/mol. The van der Waals surface area contributed by atoms with Gasteiger partial charge in [0.05, 0.1) is 5.56 Å². The smallest absolute Gasteiger partial charge is 0.315 e. The molecule has 0 fully saturated rings. The van der Waals surface area contributed by atoms with E-state index < -0.39 is 5.97 Å². The number of carboxylic acid groups (broad SMARTS) is 1. The van der Waals surface area contributed by atoms with E-state index in [2.05, 4.69) is 16.8 Å². The van der Waals surface area contributed by atoms with E-state index in [1.807, 2.05) is 6.92 Å². The van der Waals surface area contributed by atoms with Gasteiger partial charge in [0.1, 0.15) is 11.6 Å². The summed E-state index contributed by atoms with van der Waals surface area (Å²) >= 11 is 5.78.